The van der Waals surface area contributed by atoms with Crippen molar-refractivity contribution in [3.05, 3.63) is 93.3 Å². The smallest absolute Gasteiger partial charge is 0.356 e. The molecule has 0 radical (unpaired) electrons. The van der Waals surface area contributed by atoms with Crippen molar-refractivity contribution >= 4 is 11.8 Å². The molecule has 3 aromatic rings. The number of benzene rings is 2. The summed E-state index contributed by atoms with van der Waals surface area (Å²) in [5.41, 5.74) is 5.40. The topological polar surface area (TPSA) is 79.4 Å². The molecular weight excluding hydrogens is 378 g/mol. The number of H-pyrrole nitrogens is 1. The molecule has 0 bridgehead atoms. The Hall–Kier alpha value is -3.18. The molecule has 0 fully saturated rings. The molecule has 5 heteroatoms. The van der Waals surface area contributed by atoms with Crippen LogP contribution in [0.4, 0.5) is 0 Å². The van der Waals surface area contributed by atoms with E-state index in [1.165, 1.54) is 0 Å². The van der Waals surface area contributed by atoms with E-state index in [1.54, 1.807) is 45.0 Å². The lowest BCUT2D eigenvalue weighted by Crippen LogP contribution is -2.21. The van der Waals surface area contributed by atoms with Crippen molar-refractivity contribution in [2.24, 2.45) is 0 Å². The first-order valence-corrected chi connectivity index (χ1v) is 9.94. The van der Waals surface area contributed by atoms with Crippen molar-refractivity contribution < 1.29 is 19.4 Å². The third-order valence-electron chi connectivity index (χ3n) is 5.30. The van der Waals surface area contributed by atoms with Crippen LogP contribution in [0.1, 0.15) is 73.5 Å². The van der Waals surface area contributed by atoms with Crippen LogP contribution >= 0.6 is 0 Å². The molecule has 0 aliphatic rings. The van der Waals surface area contributed by atoms with Crippen LogP contribution in [0.5, 0.6) is 0 Å². The zero-order chi connectivity index (χ0) is 22.0. The fourth-order valence-corrected chi connectivity index (χ4v) is 3.64. The zero-order valence-corrected chi connectivity index (χ0v) is 17.9. The summed E-state index contributed by atoms with van der Waals surface area (Å²) in [5, 5.41) is 10.00. The number of carbonyl (C=O) groups excluding carboxylic acids is 2. The van der Waals surface area contributed by atoms with Crippen molar-refractivity contribution in [2.75, 3.05) is 0 Å². The van der Waals surface area contributed by atoms with Gasteiger partial charge in [0.2, 0.25) is 5.78 Å². The van der Waals surface area contributed by atoms with Gasteiger partial charge in [-0.1, -0.05) is 59.7 Å². The van der Waals surface area contributed by atoms with E-state index in [2.05, 4.69) is 4.98 Å². The predicted molar refractivity (Wildman–Crippen MR) is 116 cm³/mol. The summed E-state index contributed by atoms with van der Waals surface area (Å²) in [6, 6.07) is 14.6. The van der Waals surface area contributed by atoms with E-state index in [0.29, 0.717) is 27.9 Å². The lowest BCUT2D eigenvalue weighted by molar-refractivity contribution is 0.0274. The summed E-state index contributed by atoms with van der Waals surface area (Å²) in [4.78, 5) is 29.3. The second-order valence-corrected chi connectivity index (χ2v) is 7.77. The molecule has 2 N–H and O–H groups in total. The summed E-state index contributed by atoms with van der Waals surface area (Å²) < 4.78 is 5.74. The highest BCUT2D eigenvalue weighted by atomic mass is 16.5. The molecule has 0 amide bonds. The van der Waals surface area contributed by atoms with Gasteiger partial charge in [0.15, 0.2) is 6.10 Å². The van der Waals surface area contributed by atoms with Gasteiger partial charge in [-0.3, -0.25) is 4.79 Å². The van der Waals surface area contributed by atoms with E-state index in [1.807, 2.05) is 38.1 Å². The average molecular weight is 405 g/mol. The quantitative estimate of drug-likeness (QED) is 0.443. The molecule has 156 valence electrons. The van der Waals surface area contributed by atoms with Crippen LogP contribution < -0.4 is 0 Å². The van der Waals surface area contributed by atoms with Crippen LogP contribution in [-0.2, 0) is 4.74 Å². The molecule has 2 aromatic carbocycles. The Bertz CT molecular complexity index is 1060. The number of hydrogen-bond acceptors (Lipinski definition) is 4. The molecule has 0 unspecified atom stereocenters. The van der Waals surface area contributed by atoms with Crippen molar-refractivity contribution in [2.45, 2.75) is 46.8 Å². The van der Waals surface area contributed by atoms with Gasteiger partial charge in [0.1, 0.15) is 5.69 Å². The maximum absolute atomic E-state index is 13.2. The molecule has 30 heavy (non-hydrogen) atoms. The molecule has 0 aliphatic carbocycles. The maximum Gasteiger partial charge on any atom is 0.356 e. The highest BCUT2D eigenvalue weighted by molar-refractivity contribution is 6.02. The Morgan fingerprint density at radius 3 is 1.93 bits per heavy atom. The second kappa shape index (κ2) is 8.67. The lowest BCUT2D eigenvalue weighted by atomic mass is 9.98. The average Bonchev–Trinajstić information content (AvgIpc) is 3.01. The Balaban J connectivity index is 1.98. The highest BCUT2D eigenvalue weighted by Gasteiger charge is 2.29. The number of aliphatic hydroxyl groups excluding tert-OH is 1. The van der Waals surface area contributed by atoms with Gasteiger partial charge in [-0.2, -0.15) is 0 Å². The molecule has 0 spiro atoms. The molecule has 0 saturated carbocycles. The Morgan fingerprint density at radius 2 is 1.43 bits per heavy atom. The van der Waals surface area contributed by atoms with Crippen LogP contribution in [0.2, 0.25) is 0 Å². The number of esters is 1. The molecule has 2 atom stereocenters. The number of Topliss-reactive ketones (excluding diaryl/α,β-unsaturated/α-hetero) is 1. The van der Waals surface area contributed by atoms with Gasteiger partial charge in [-0.05, 0) is 40.2 Å². The van der Waals surface area contributed by atoms with E-state index in [9.17, 15) is 14.7 Å². The van der Waals surface area contributed by atoms with Crippen molar-refractivity contribution in [3.8, 4) is 0 Å². The van der Waals surface area contributed by atoms with E-state index < -0.39 is 18.2 Å². The summed E-state index contributed by atoms with van der Waals surface area (Å²) in [6.07, 6.45) is -1.79. The second-order valence-electron chi connectivity index (χ2n) is 7.77. The number of nitrogens with one attached hydrogen (secondary N) is 1. The third-order valence-corrected chi connectivity index (χ3v) is 5.30. The number of rotatable bonds is 6. The van der Waals surface area contributed by atoms with Gasteiger partial charge >= 0.3 is 5.97 Å². The molecule has 5 nitrogen and oxygen atoms in total. The third kappa shape index (κ3) is 4.36. The number of aliphatic hydroxyl groups is 1. The molecule has 1 heterocycles. The van der Waals surface area contributed by atoms with E-state index in [4.69, 9.17) is 4.74 Å². The number of ether oxygens (including phenoxy) is 1. The molecule has 3 rings (SSSR count). The fourth-order valence-electron chi connectivity index (χ4n) is 3.64. The van der Waals surface area contributed by atoms with Crippen LogP contribution in [0, 0.1) is 27.7 Å². The van der Waals surface area contributed by atoms with E-state index in [0.717, 1.165) is 11.1 Å². The van der Waals surface area contributed by atoms with Gasteiger partial charge in [0.25, 0.3) is 0 Å². The Kier molecular flexibility index (Phi) is 6.22. The van der Waals surface area contributed by atoms with Crippen molar-refractivity contribution in [1.29, 1.82) is 0 Å². The minimum Gasteiger partial charge on any atom is -0.444 e. The van der Waals surface area contributed by atoms with Gasteiger partial charge in [-0.25, -0.2) is 4.79 Å². The Labute approximate surface area is 176 Å². The largest absolute Gasteiger partial charge is 0.444 e. The molecule has 1 aromatic heterocycles. The van der Waals surface area contributed by atoms with Crippen LogP contribution in [-0.4, -0.2) is 21.8 Å². The normalized spacial score (nSPS) is 13.0. The van der Waals surface area contributed by atoms with Crippen molar-refractivity contribution in [3.63, 3.8) is 0 Å². The van der Waals surface area contributed by atoms with E-state index in [-0.39, 0.29) is 11.5 Å². The number of carbonyl (C=O) groups is 2. The van der Waals surface area contributed by atoms with Gasteiger partial charge in [0.05, 0.1) is 6.10 Å². The first-order chi connectivity index (χ1) is 14.2. The predicted octanol–water partition coefficient (Wildman–Crippen LogP) is 5.08. The van der Waals surface area contributed by atoms with Gasteiger partial charge < -0.3 is 14.8 Å². The van der Waals surface area contributed by atoms with Crippen LogP contribution in [0.3, 0.4) is 0 Å². The molecule has 0 saturated heterocycles. The molecular formula is C25H27NO4. The first kappa shape index (κ1) is 21.5. The number of hydrogen-bond donors (Lipinski definition) is 2. The van der Waals surface area contributed by atoms with Crippen LogP contribution in [0.25, 0.3) is 0 Å². The molecule has 0 aliphatic heterocycles. The lowest BCUT2D eigenvalue weighted by Gasteiger charge is -2.18. The van der Waals surface area contributed by atoms with Crippen molar-refractivity contribution in [1.82, 2.24) is 4.98 Å². The van der Waals surface area contributed by atoms with Crippen LogP contribution in [0.15, 0.2) is 48.5 Å². The monoisotopic (exact) mass is 405 g/mol. The minimum absolute atomic E-state index is 0.247. The maximum atomic E-state index is 13.2. The number of aryl methyl sites for hydroxylation is 3. The summed E-state index contributed by atoms with van der Waals surface area (Å²) in [7, 11) is 0. The highest BCUT2D eigenvalue weighted by Crippen LogP contribution is 2.28. The summed E-state index contributed by atoms with van der Waals surface area (Å²) in [5.74, 6) is -0.919. The zero-order valence-electron chi connectivity index (χ0n) is 17.9. The van der Waals surface area contributed by atoms with Gasteiger partial charge in [0, 0.05) is 22.4 Å². The van der Waals surface area contributed by atoms with Gasteiger partial charge in [-0.15, -0.1) is 0 Å². The van der Waals surface area contributed by atoms with E-state index >= 15 is 0 Å². The Morgan fingerprint density at radius 1 is 0.900 bits per heavy atom. The number of ketones is 1. The summed E-state index contributed by atoms with van der Waals surface area (Å²) in [6.45, 7) is 9.09. The minimum atomic E-state index is -1.07. The fraction of sp³-hybridized carbons (Fsp3) is 0.280. The SMILES string of the molecule is Cc1ccc(C(=O)[C@@H](OC(=O)c2[nH]c(C)c([C@H](C)O)c2C)c2ccc(C)cc2)cc1. The summed E-state index contributed by atoms with van der Waals surface area (Å²) >= 11 is 0. The number of aromatic amines is 1. The number of aromatic nitrogens is 1. The standard InChI is InChI=1S/C25H27NO4/c1-14-6-10-19(11-7-14)23(28)24(20-12-8-15(2)9-13-20)30-25(29)22-16(3)21(18(5)27)17(4)26-22/h6-13,18,24,26-27H,1-5H3/t18-,24-/m0/s1. The first-order valence-electron chi connectivity index (χ1n) is 9.94.